The van der Waals surface area contributed by atoms with E-state index in [1.54, 1.807) is 7.11 Å². The quantitative estimate of drug-likeness (QED) is 0.696. The molecule has 1 aromatic rings. The zero-order valence-electron chi connectivity index (χ0n) is 7.33. The molecule has 12 heavy (non-hydrogen) atoms. The summed E-state index contributed by atoms with van der Waals surface area (Å²) in [6, 6.07) is 7.58. The summed E-state index contributed by atoms with van der Waals surface area (Å²) in [6.07, 6.45) is 0. The second-order valence-corrected chi connectivity index (χ2v) is 2.26. The second kappa shape index (κ2) is 4.62. The van der Waals surface area contributed by atoms with Gasteiger partial charge in [0.25, 0.3) is 0 Å². The molecule has 0 saturated carbocycles. The van der Waals surface area contributed by atoms with Crippen LogP contribution in [0.15, 0.2) is 24.3 Å². The lowest BCUT2D eigenvalue weighted by molar-refractivity contribution is 0.271. The minimum Gasteiger partial charge on any atom is -0.494 e. The van der Waals surface area contributed by atoms with Gasteiger partial charge >= 0.3 is 0 Å². The first-order valence-electron chi connectivity index (χ1n) is 3.88. The Hall–Kier alpha value is -1.22. The summed E-state index contributed by atoms with van der Waals surface area (Å²) in [4.78, 5) is 4.74. The van der Waals surface area contributed by atoms with Crippen LogP contribution in [0.25, 0.3) is 0 Å². The number of nitrogens with one attached hydrogen (secondary N) is 1. The molecule has 0 bridgehead atoms. The van der Waals surface area contributed by atoms with E-state index >= 15 is 0 Å². The fraction of sp³-hybridized carbons (Fsp3) is 0.333. The molecule has 0 aliphatic heterocycles. The monoisotopic (exact) mass is 167 g/mol. The van der Waals surface area contributed by atoms with Gasteiger partial charge in [0, 0.05) is 0 Å². The lowest BCUT2D eigenvalue weighted by Gasteiger charge is -2.05. The van der Waals surface area contributed by atoms with Crippen molar-refractivity contribution in [3.8, 4) is 5.75 Å². The normalized spacial score (nSPS) is 9.50. The van der Waals surface area contributed by atoms with Crippen LogP contribution in [0.5, 0.6) is 5.75 Å². The van der Waals surface area contributed by atoms with Crippen molar-refractivity contribution in [3.05, 3.63) is 24.3 Å². The van der Waals surface area contributed by atoms with Crippen LogP contribution in [0.4, 0.5) is 5.69 Å². The smallest absolute Gasteiger partial charge is 0.119 e. The minimum absolute atomic E-state index is 0.692. The standard InChI is InChI=1S/C9H13NO2/c1-3-12-9-6-4-8(5-7-9)10-11-2/h4-7,10H,3H2,1-2H3. The van der Waals surface area contributed by atoms with Gasteiger partial charge in [-0.3, -0.25) is 10.3 Å². The average molecular weight is 167 g/mol. The van der Waals surface area contributed by atoms with Crippen molar-refractivity contribution in [1.82, 2.24) is 0 Å². The predicted molar refractivity (Wildman–Crippen MR) is 48.2 cm³/mol. The number of hydrogen-bond donors (Lipinski definition) is 1. The third-order valence-corrected chi connectivity index (χ3v) is 1.39. The van der Waals surface area contributed by atoms with Gasteiger partial charge in [0.05, 0.1) is 19.4 Å². The molecule has 0 aliphatic carbocycles. The number of benzene rings is 1. The first-order chi connectivity index (χ1) is 5.86. The van der Waals surface area contributed by atoms with Gasteiger partial charge < -0.3 is 4.74 Å². The topological polar surface area (TPSA) is 30.5 Å². The first kappa shape index (κ1) is 8.87. The van der Waals surface area contributed by atoms with E-state index in [0.717, 1.165) is 11.4 Å². The molecule has 0 spiro atoms. The Kier molecular flexibility index (Phi) is 3.41. The number of hydrogen-bond acceptors (Lipinski definition) is 3. The Balaban J connectivity index is 2.58. The summed E-state index contributed by atoms with van der Waals surface area (Å²) in [5.74, 6) is 0.874. The number of ether oxygens (including phenoxy) is 1. The summed E-state index contributed by atoms with van der Waals surface area (Å²) in [5, 5.41) is 0. The minimum atomic E-state index is 0.692. The van der Waals surface area contributed by atoms with E-state index in [1.807, 2.05) is 31.2 Å². The molecular formula is C9H13NO2. The van der Waals surface area contributed by atoms with E-state index in [1.165, 1.54) is 0 Å². The summed E-state index contributed by atoms with van der Waals surface area (Å²) in [7, 11) is 1.58. The number of rotatable bonds is 4. The summed E-state index contributed by atoms with van der Waals surface area (Å²) >= 11 is 0. The van der Waals surface area contributed by atoms with Crippen molar-refractivity contribution in [2.24, 2.45) is 0 Å². The molecule has 66 valence electrons. The fourth-order valence-electron chi connectivity index (χ4n) is 0.904. The van der Waals surface area contributed by atoms with Crippen LogP contribution in [0.2, 0.25) is 0 Å². The van der Waals surface area contributed by atoms with Gasteiger partial charge in [-0.25, -0.2) is 0 Å². The van der Waals surface area contributed by atoms with E-state index in [9.17, 15) is 0 Å². The molecule has 1 aromatic carbocycles. The van der Waals surface area contributed by atoms with Crippen molar-refractivity contribution < 1.29 is 9.57 Å². The van der Waals surface area contributed by atoms with E-state index in [-0.39, 0.29) is 0 Å². The lowest BCUT2D eigenvalue weighted by atomic mass is 10.3. The third kappa shape index (κ3) is 2.43. The molecule has 3 nitrogen and oxygen atoms in total. The van der Waals surface area contributed by atoms with Crippen LogP contribution in [-0.2, 0) is 4.84 Å². The summed E-state index contributed by atoms with van der Waals surface area (Å²) in [5.41, 5.74) is 3.64. The molecule has 3 heteroatoms. The third-order valence-electron chi connectivity index (χ3n) is 1.39. The highest BCUT2D eigenvalue weighted by atomic mass is 16.6. The van der Waals surface area contributed by atoms with Gasteiger partial charge in [-0.2, -0.15) is 0 Å². The molecule has 0 saturated heterocycles. The fourth-order valence-corrected chi connectivity index (χ4v) is 0.904. The molecule has 0 amide bonds. The van der Waals surface area contributed by atoms with Crippen LogP contribution < -0.4 is 10.2 Å². The molecule has 1 N–H and O–H groups in total. The Morgan fingerprint density at radius 1 is 1.25 bits per heavy atom. The Bertz CT molecular complexity index is 195. The van der Waals surface area contributed by atoms with E-state index in [4.69, 9.17) is 9.57 Å². The molecule has 0 aliphatic rings. The molecule has 0 atom stereocenters. The Morgan fingerprint density at radius 2 is 1.92 bits per heavy atom. The van der Waals surface area contributed by atoms with Gasteiger partial charge in [-0.1, -0.05) is 0 Å². The zero-order valence-corrected chi connectivity index (χ0v) is 7.33. The average Bonchev–Trinajstić information content (AvgIpc) is 2.09. The van der Waals surface area contributed by atoms with Crippen LogP contribution in [0, 0.1) is 0 Å². The Morgan fingerprint density at radius 3 is 2.42 bits per heavy atom. The summed E-state index contributed by atoms with van der Waals surface area (Å²) < 4.78 is 5.27. The molecule has 0 unspecified atom stereocenters. The van der Waals surface area contributed by atoms with E-state index < -0.39 is 0 Å². The maximum atomic E-state index is 5.27. The summed E-state index contributed by atoms with van der Waals surface area (Å²) in [6.45, 7) is 2.65. The number of anilines is 1. The van der Waals surface area contributed by atoms with Gasteiger partial charge in [0.2, 0.25) is 0 Å². The van der Waals surface area contributed by atoms with Crippen LogP contribution in [0.1, 0.15) is 6.92 Å². The molecule has 0 fully saturated rings. The molecule has 0 aromatic heterocycles. The van der Waals surface area contributed by atoms with Gasteiger partial charge in [-0.15, -0.1) is 0 Å². The highest BCUT2D eigenvalue weighted by molar-refractivity contribution is 5.44. The van der Waals surface area contributed by atoms with Gasteiger partial charge in [0.15, 0.2) is 0 Å². The van der Waals surface area contributed by atoms with Crippen molar-refractivity contribution in [2.45, 2.75) is 6.92 Å². The van der Waals surface area contributed by atoms with Crippen molar-refractivity contribution in [2.75, 3.05) is 19.2 Å². The maximum absolute atomic E-state index is 5.27. The maximum Gasteiger partial charge on any atom is 0.119 e. The van der Waals surface area contributed by atoms with Gasteiger partial charge in [-0.05, 0) is 31.2 Å². The van der Waals surface area contributed by atoms with Gasteiger partial charge in [0.1, 0.15) is 5.75 Å². The molecule has 0 radical (unpaired) electrons. The zero-order chi connectivity index (χ0) is 8.81. The SMILES string of the molecule is CCOc1ccc(NOC)cc1. The first-order valence-corrected chi connectivity index (χ1v) is 3.88. The highest BCUT2D eigenvalue weighted by Gasteiger charge is 1.92. The van der Waals surface area contributed by atoms with Crippen molar-refractivity contribution in [1.29, 1.82) is 0 Å². The molecule has 0 heterocycles. The predicted octanol–water partition coefficient (Wildman–Crippen LogP) is 2.06. The van der Waals surface area contributed by atoms with Crippen molar-refractivity contribution in [3.63, 3.8) is 0 Å². The van der Waals surface area contributed by atoms with E-state index in [0.29, 0.717) is 6.61 Å². The van der Waals surface area contributed by atoms with E-state index in [2.05, 4.69) is 5.48 Å². The van der Waals surface area contributed by atoms with Crippen LogP contribution >= 0.6 is 0 Å². The second-order valence-electron chi connectivity index (χ2n) is 2.26. The largest absolute Gasteiger partial charge is 0.494 e. The Labute approximate surface area is 72.3 Å². The highest BCUT2D eigenvalue weighted by Crippen LogP contribution is 2.14. The van der Waals surface area contributed by atoms with Crippen molar-refractivity contribution >= 4 is 5.69 Å². The lowest BCUT2D eigenvalue weighted by Crippen LogP contribution is -1.95. The molecule has 1 rings (SSSR count). The van der Waals surface area contributed by atoms with Crippen LogP contribution in [0.3, 0.4) is 0 Å². The molecular weight excluding hydrogens is 154 g/mol. The van der Waals surface area contributed by atoms with Crippen LogP contribution in [-0.4, -0.2) is 13.7 Å².